The zero-order chi connectivity index (χ0) is 97.8. The number of rotatable bonds is 81. The number of ether oxygens (including phenoxy) is 8. The van der Waals surface area contributed by atoms with Gasteiger partial charge in [0.25, 0.3) is 0 Å². The van der Waals surface area contributed by atoms with Crippen LogP contribution in [0.3, 0.4) is 0 Å². The summed E-state index contributed by atoms with van der Waals surface area (Å²) in [5.74, 6) is -2.11. The predicted molar refractivity (Wildman–Crippen MR) is 542 cm³/mol. The Morgan fingerprint density at radius 3 is 0.804 bits per heavy atom. The third-order valence-electron chi connectivity index (χ3n) is 25.5. The van der Waals surface area contributed by atoms with Crippen LogP contribution < -0.4 is 10.6 Å². The molecule has 0 aromatic heterocycles. The van der Waals surface area contributed by atoms with E-state index in [1.165, 1.54) is 103 Å². The maximum absolute atomic E-state index is 16.0. The van der Waals surface area contributed by atoms with Gasteiger partial charge in [0.15, 0.2) is 12.6 Å². The summed E-state index contributed by atoms with van der Waals surface area (Å²) in [6.45, 7) is 6.45. The number of unbranched alkanes of at least 4 members (excludes halogenated alkanes) is 36. The van der Waals surface area contributed by atoms with Crippen LogP contribution in [0.5, 0.6) is 0 Å². The standard InChI is InChI=1S/C112H170N2O22P2/c1-5-9-13-17-21-25-27-31-35-39-61-77-103(117)131-97(75-59-37-33-29-23-19-15-11-7-3)81-101(115)113-105-109(135-137(121,127-85-93-67-51-43-52-68-93)128-86-94-69-53-44-54-70-94)107(119)99(89-123-83-91-63-47-41-48-64-91)133-111(105)125-79-80-126-112-106(114-102(116)82-98(76-60-38-34-30-24-20-16-12-8-4)132-104(118)78-62-40-36-32-28-26-22-18-14-10-6-2)110(108(120)100(134-112)90-124-84-92-65-49-42-50-66-92)136-138(122,129-87-95-71-55-45-56-72-95)130-88-96-73-57-46-58-74-96/h41-58,63-74,97-100,105-112,119-120H,5-40,59-62,75-90H2,1-4H3,(H,113,115)(H,114,116)/t97-,98-,99-,100-,105-,106-,107-,108-,109-,110-,111+,112+/m1/s1. The van der Waals surface area contributed by atoms with E-state index in [1.807, 2.05) is 84.9 Å². The van der Waals surface area contributed by atoms with Crippen LogP contribution in [0.4, 0.5) is 0 Å². The number of esters is 2. The molecule has 2 aliphatic heterocycles. The molecule has 26 heteroatoms. The van der Waals surface area contributed by atoms with Crippen LogP contribution in [0.15, 0.2) is 182 Å². The number of aliphatic hydroxyl groups excluding tert-OH is 2. The second-order valence-corrected chi connectivity index (χ2v) is 40.7. The van der Waals surface area contributed by atoms with Crippen molar-refractivity contribution in [1.29, 1.82) is 0 Å². The van der Waals surface area contributed by atoms with E-state index < -0.39 is 126 Å². The van der Waals surface area contributed by atoms with Gasteiger partial charge >= 0.3 is 27.6 Å². The quantitative estimate of drug-likeness (QED) is 0.0157. The summed E-state index contributed by atoms with van der Waals surface area (Å²) >= 11 is 0. The highest BCUT2D eigenvalue weighted by Gasteiger charge is 2.54. The van der Waals surface area contributed by atoms with Gasteiger partial charge < -0.3 is 58.7 Å². The van der Waals surface area contributed by atoms with Gasteiger partial charge in [0.1, 0.15) is 60.9 Å². The maximum atomic E-state index is 16.0. The van der Waals surface area contributed by atoms with Crippen molar-refractivity contribution >= 4 is 39.4 Å². The number of benzene rings is 6. The smallest absolute Gasteiger partial charge is 0.462 e. The topological polar surface area (TPSA) is 296 Å². The maximum Gasteiger partial charge on any atom is 0.475 e. The van der Waals surface area contributed by atoms with E-state index in [9.17, 15) is 19.8 Å². The second-order valence-electron chi connectivity index (χ2n) is 37.5. The molecule has 0 radical (unpaired) electrons. The number of aliphatic hydroxyl groups is 2. The Hall–Kier alpha value is -6.90. The van der Waals surface area contributed by atoms with Crippen LogP contribution >= 0.6 is 15.6 Å². The molecule has 8 rings (SSSR count). The van der Waals surface area contributed by atoms with Crippen molar-refractivity contribution in [2.24, 2.45) is 0 Å². The van der Waals surface area contributed by atoms with E-state index in [1.54, 1.807) is 97.1 Å². The minimum Gasteiger partial charge on any atom is -0.462 e. The molecule has 24 nitrogen and oxygen atoms in total. The van der Waals surface area contributed by atoms with Crippen LogP contribution in [0.25, 0.3) is 0 Å². The summed E-state index contributed by atoms with van der Waals surface area (Å²) in [4.78, 5) is 59.3. The van der Waals surface area contributed by atoms with Gasteiger partial charge in [-0.15, -0.1) is 0 Å². The molecule has 0 spiro atoms. The molecule has 2 aliphatic rings. The second kappa shape index (κ2) is 72.4. The molecule has 2 amide bonds. The Labute approximate surface area is 826 Å². The number of carbonyl (C=O) groups excluding carboxylic acids is 4. The normalized spacial score (nSPS) is 18.9. The summed E-state index contributed by atoms with van der Waals surface area (Å²) in [5.41, 5.74) is 4.10. The van der Waals surface area contributed by atoms with E-state index in [0.29, 0.717) is 60.8 Å². The monoisotopic (exact) mass is 1960 g/mol. The van der Waals surface area contributed by atoms with E-state index in [0.717, 1.165) is 140 Å². The number of carbonyl (C=O) groups is 4. The zero-order valence-corrected chi connectivity index (χ0v) is 85.6. The van der Waals surface area contributed by atoms with Gasteiger partial charge in [-0.2, -0.15) is 0 Å². The minimum atomic E-state index is -4.90. The first-order chi connectivity index (χ1) is 67.5. The third-order valence-corrected chi connectivity index (χ3v) is 28.3. The van der Waals surface area contributed by atoms with E-state index in [2.05, 4.69) is 38.3 Å². The van der Waals surface area contributed by atoms with Gasteiger partial charge in [0, 0.05) is 12.8 Å². The van der Waals surface area contributed by atoms with Gasteiger partial charge in [0.05, 0.1) is 78.9 Å². The summed E-state index contributed by atoms with van der Waals surface area (Å²) in [7, 11) is -9.79. The molecular formula is C112H170N2O22P2. The number of nitrogens with one attached hydrogen (secondary N) is 2. The lowest BCUT2D eigenvalue weighted by Crippen LogP contribution is -2.66. The van der Waals surface area contributed by atoms with Crippen molar-refractivity contribution in [2.45, 2.75) is 436 Å². The number of hydrogen-bond donors (Lipinski definition) is 4. The number of phosphoric ester groups is 2. The third kappa shape index (κ3) is 49.9. The van der Waals surface area contributed by atoms with E-state index in [4.69, 9.17) is 65.0 Å². The molecule has 2 fully saturated rings. The number of hydrogen-bond acceptors (Lipinski definition) is 22. The molecule has 6 aromatic carbocycles. The van der Waals surface area contributed by atoms with Crippen LogP contribution in [0.1, 0.15) is 356 Å². The van der Waals surface area contributed by atoms with Gasteiger partial charge in [-0.3, -0.25) is 46.3 Å². The fraction of sp³-hybridized carbons (Fsp3) is 0.643. The SMILES string of the molecule is CCCCCCCCCCCCCC(=O)O[C@H](CCCCCCCCCCC)CC(=O)N[C@H]1[C@@H](OCCO[C@H]2O[C@H](COCc3ccccc3)[C@@H](O)[C@H](OP(=O)(OCc3ccccc3)OCc3ccccc3)[C@H]2NC(=O)C[C@@H](CCCCCCCCCCC)OC(=O)CCCCCCCCCCCCC)O[C@H](COCc2ccccc2)[C@@H](O)[C@@H]1OP(=O)(OCc1ccccc1)OCc1ccccc1. The Balaban J connectivity index is 1.15. The molecule has 12 atom stereocenters. The first-order valence-electron chi connectivity index (χ1n) is 53.0. The van der Waals surface area contributed by atoms with Crippen molar-refractivity contribution in [3.05, 3.63) is 215 Å². The molecule has 0 saturated carbocycles. The highest BCUT2D eigenvalue weighted by atomic mass is 31.2. The van der Waals surface area contributed by atoms with Crippen LogP contribution in [0.2, 0.25) is 0 Å². The van der Waals surface area contributed by atoms with E-state index in [-0.39, 0.29) is 78.5 Å². The van der Waals surface area contributed by atoms with Gasteiger partial charge in [-0.1, -0.05) is 441 Å². The highest BCUT2D eigenvalue weighted by molar-refractivity contribution is 7.48. The van der Waals surface area contributed by atoms with E-state index >= 15 is 18.7 Å². The summed E-state index contributed by atoms with van der Waals surface area (Å²) < 4.78 is 123. The molecule has 2 saturated heterocycles. The van der Waals surface area contributed by atoms with Crippen LogP contribution in [-0.4, -0.2) is 134 Å². The van der Waals surface area contributed by atoms with Crippen LogP contribution in [0, 0.1) is 0 Å². The van der Waals surface area contributed by atoms with Crippen LogP contribution in [-0.2, 0) is 133 Å². The minimum absolute atomic E-state index is 0.0742. The largest absolute Gasteiger partial charge is 0.475 e. The van der Waals surface area contributed by atoms with Crippen molar-refractivity contribution in [3.63, 3.8) is 0 Å². The molecule has 770 valence electrons. The Morgan fingerprint density at radius 2 is 0.551 bits per heavy atom. The fourth-order valence-corrected chi connectivity index (χ4v) is 20.2. The number of phosphoric acid groups is 2. The average molecular weight is 1960 g/mol. The summed E-state index contributed by atoms with van der Waals surface area (Å²) in [6.07, 6.45) is 28.9. The van der Waals surface area contributed by atoms with Crippen molar-refractivity contribution in [1.82, 2.24) is 10.6 Å². The van der Waals surface area contributed by atoms with Gasteiger partial charge in [-0.05, 0) is 71.9 Å². The van der Waals surface area contributed by atoms with Crippen molar-refractivity contribution < 1.29 is 104 Å². The average Bonchev–Trinajstić information content (AvgIpc) is 0.783. The molecule has 0 unspecified atom stereocenters. The number of amides is 2. The Kier molecular flexibility index (Phi) is 61.0. The predicted octanol–water partition coefficient (Wildman–Crippen LogP) is 26.3. The molecule has 138 heavy (non-hydrogen) atoms. The van der Waals surface area contributed by atoms with Gasteiger partial charge in [-0.25, -0.2) is 9.13 Å². The van der Waals surface area contributed by atoms with Crippen molar-refractivity contribution in [3.8, 4) is 0 Å². The first-order valence-corrected chi connectivity index (χ1v) is 55.9. The van der Waals surface area contributed by atoms with Gasteiger partial charge in [0.2, 0.25) is 11.8 Å². The molecule has 4 N–H and O–H groups in total. The first kappa shape index (κ1) is 116. The molecule has 6 aromatic rings. The lowest BCUT2D eigenvalue weighted by molar-refractivity contribution is -0.289. The molecular weight excluding hydrogens is 1790 g/mol. The Morgan fingerprint density at radius 1 is 0.319 bits per heavy atom. The summed E-state index contributed by atoms with van der Waals surface area (Å²) in [6, 6.07) is 51.7. The molecule has 0 aliphatic carbocycles. The summed E-state index contributed by atoms with van der Waals surface area (Å²) in [5, 5.41) is 32.3. The van der Waals surface area contributed by atoms with Crippen molar-refractivity contribution in [2.75, 3.05) is 26.4 Å². The lowest BCUT2D eigenvalue weighted by atomic mass is 9.96. The zero-order valence-electron chi connectivity index (χ0n) is 83.8. The lowest BCUT2D eigenvalue weighted by Gasteiger charge is -2.45. The molecule has 2 heterocycles. The molecule has 0 bridgehead atoms. The Bertz CT molecular complexity index is 3810. The highest BCUT2D eigenvalue weighted by Crippen LogP contribution is 2.55. The fourth-order valence-electron chi connectivity index (χ4n) is 17.4.